The van der Waals surface area contributed by atoms with Gasteiger partial charge in [-0.2, -0.15) is 0 Å². The normalized spacial score (nSPS) is 14.4. The molecule has 0 unspecified atom stereocenters. The van der Waals surface area contributed by atoms with Crippen LogP contribution in [0, 0.1) is 6.92 Å². The first-order valence-electron chi connectivity index (χ1n) is 10.0. The monoisotopic (exact) mass is 423 g/mol. The molecule has 1 N–H and O–H groups in total. The van der Waals surface area contributed by atoms with E-state index in [4.69, 9.17) is 14.3 Å². The minimum atomic E-state index is -0.250. The van der Waals surface area contributed by atoms with E-state index >= 15 is 0 Å². The SMILES string of the molecule is Cc1cncc(C(=O)N2CCCN(Cc3coc4ccccc4c3=O)CC2)c1.O=CO. The smallest absolute Gasteiger partial charge is 0.290 e. The summed E-state index contributed by atoms with van der Waals surface area (Å²) < 4.78 is 5.63. The number of rotatable bonds is 3. The Morgan fingerprint density at radius 3 is 2.74 bits per heavy atom. The van der Waals surface area contributed by atoms with Gasteiger partial charge in [0, 0.05) is 50.7 Å². The Morgan fingerprint density at radius 2 is 1.97 bits per heavy atom. The highest BCUT2D eigenvalue weighted by Gasteiger charge is 2.21. The molecule has 1 aromatic carbocycles. The summed E-state index contributed by atoms with van der Waals surface area (Å²) in [5.41, 5.74) is 2.89. The zero-order valence-corrected chi connectivity index (χ0v) is 17.4. The Labute approximate surface area is 179 Å². The number of aryl methyl sites for hydroxylation is 1. The van der Waals surface area contributed by atoms with Crippen LogP contribution in [0.1, 0.15) is 27.9 Å². The summed E-state index contributed by atoms with van der Waals surface area (Å²) in [5, 5.41) is 7.50. The maximum Gasteiger partial charge on any atom is 0.290 e. The number of aromatic nitrogens is 1. The van der Waals surface area contributed by atoms with Gasteiger partial charge in [0.05, 0.1) is 17.2 Å². The van der Waals surface area contributed by atoms with Gasteiger partial charge in [-0.15, -0.1) is 0 Å². The first-order chi connectivity index (χ1) is 15.0. The lowest BCUT2D eigenvalue weighted by Gasteiger charge is -2.22. The van der Waals surface area contributed by atoms with Crippen LogP contribution >= 0.6 is 0 Å². The molecular formula is C23H25N3O5. The number of hydrogen-bond donors (Lipinski definition) is 1. The molecule has 1 saturated heterocycles. The molecule has 8 heteroatoms. The summed E-state index contributed by atoms with van der Waals surface area (Å²) in [4.78, 5) is 42.1. The molecule has 1 aliphatic rings. The summed E-state index contributed by atoms with van der Waals surface area (Å²) in [6, 6.07) is 9.17. The average molecular weight is 423 g/mol. The second kappa shape index (κ2) is 10.5. The zero-order valence-electron chi connectivity index (χ0n) is 17.4. The summed E-state index contributed by atoms with van der Waals surface area (Å²) in [7, 11) is 0. The molecular weight excluding hydrogens is 398 g/mol. The van der Waals surface area contributed by atoms with Gasteiger partial charge < -0.3 is 14.4 Å². The van der Waals surface area contributed by atoms with Crippen LogP contribution in [0.2, 0.25) is 0 Å². The lowest BCUT2D eigenvalue weighted by atomic mass is 10.1. The maximum atomic E-state index is 12.8. The molecule has 4 rings (SSSR count). The summed E-state index contributed by atoms with van der Waals surface area (Å²) in [6.45, 7) is 5.10. The first-order valence-corrected chi connectivity index (χ1v) is 10.0. The van der Waals surface area contributed by atoms with Crippen LogP contribution in [0.4, 0.5) is 0 Å². The standard InChI is InChI=1S/C22H23N3O3.CH2O2/c1-16-11-17(13-23-12-16)22(27)25-8-4-7-24(9-10-25)14-18-15-28-20-6-3-2-5-19(20)21(18)26;2-1-3/h2-3,5-6,11-13,15H,4,7-10,14H2,1H3;1H,(H,2,3). The molecule has 1 amide bonds. The molecule has 162 valence electrons. The summed E-state index contributed by atoms with van der Waals surface area (Å²) >= 11 is 0. The minimum absolute atomic E-state index is 0.0169. The molecule has 0 atom stereocenters. The number of nitrogens with zero attached hydrogens (tertiary/aromatic N) is 3. The van der Waals surface area contributed by atoms with E-state index in [1.165, 1.54) is 0 Å². The van der Waals surface area contributed by atoms with E-state index in [0.29, 0.717) is 41.7 Å². The molecule has 31 heavy (non-hydrogen) atoms. The Morgan fingerprint density at radius 1 is 1.19 bits per heavy atom. The maximum absolute atomic E-state index is 12.8. The van der Waals surface area contributed by atoms with Crippen molar-refractivity contribution < 1.29 is 19.1 Å². The van der Waals surface area contributed by atoms with Crippen LogP contribution in [0.5, 0.6) is 0 Å². The van der Waals surface area contributed by atoms with E-state index in [1.807, 2.05) is 30.0 Å². The molecule has 1 fully saturated rings. The highest BCUT2D eigenvalue weighted by Crippen LogP contribution is 2.14. The number of carbonyl (C=O) groups is 2. The quantitative estimate of drug-likeness (QED) is 0.646. The van der Waals surface area contributed by atoms with Gasteiger partial charge in [0.25, 0.3) is 12.4 Å². The van der Waals surface area contributed by atoms with Crippen LogP contribution in [-0.2, 0) is 11.3 Å². The molecule has 0 aliphatic carbocycles. The van der Waals surface area contributed by atoms with Gasteiger partial charge in [-0.3, -0.25) is 24.3 Å². The van der Waals surface area contributed by atoms with Gasteiger partial charge in [-0.1, -0.05) is 12.1 Å². The molecule has 0 radical (unpaired) electrons. The predicted molar refractivity (Wildman–Crippen MR) is 116 cm³/mol. The number of carbonyl (C=O) groups excluding carboxylic acids is 1. The summed E-state index contributed by atoms with van der Waals surface area (Å²) in [5.74, 6) is 0.0169. The van der Waals surface area contributed by atoms with E-state index in [-0.39, 0.29) is 17.8 Å². The Balaban J connectivity index is 0.000000858. The molecule has 2 aromatic heterocycles. The van der Waals surface area contributed by atoms with E-state index in [2.05, 4.69) is 9.88 Å². The fourth-order valence-electron chi connectivity index (χ4n) is 3.65. The largest absolute Gasteiger partial charge is 0.483 e. The molecule has 1 aliphatic heterocycles. The van der Waals surface area contributed by atoms with Crippen molar-refractivity contribution in [2.45, 2.75) is 19.9 Å². The molecule has 8 nitrogen and oxygen atoms in total. The van der Waals surface area contributed by atoms with E-state index in [9.17, 15) is 9.59 Å². The fraction of sp³-hybridized carbons (Fsp3) is 0.304. The third-order valence-corrected chi connectivity index (χ3v) is 5.14. The number of para-hydroxylation sites is 1. The number of pyridine rings is 1. The number of hydrogen-bond acceptors (Lipinski definition) is 6. The topological polar surface area (TPSA) is 104 Å². The average Bonchev–Trinajstić information content (AvgIpc) is 3.01. The zero-order chi connectivity index (χ0) is 22.2. The van der Waals surface area contributed by atoms with Crippen LogP contribution in [-0.4, -0.2) is 58.4 Å². The lowest BCUT2D eigenvalue weighted by Crippen LogP contribution is -2.35. The lowest BCUT2D eigenvalue weighted by molar-refractivity contribution is -0.122. The van der Waals surface area contributed by atoms with Crippen molar-refractivity contribution in [2.24, 2.45) is 0 Å². The van der Waals surface area contributed by atoms with Gasteiger partial charge in [-0.05, 0) is 37.1 Å². The van der Waals surface area contributed by atoms with Crippen molar-refractivity contribution in [3.63, 3.8) is 0 Å². The van der Waals surface area contributed by atoms with Crippen LogP contribution in [0.3, 0.4) is 0 Å². The van der Waals surface area contributed by atoms with Gasteiger partial charge in [0.2, 0.25) is 0 Å². The van der Waals surface area contributed by atoms with Gasteiger partial charge in [0.1, 0.15) is 5.58 Å². The molecule has 0 saturated carbocycles. The van der Waals surface area contributed by atoms with E-state index in [1.54, 1.807) is 30.8 Å². The van der Waals surface area contributed by atoms with E-state index in [0.717, 1.165) is 25.1 Å². The Hall–Kier alpha value is -3.52. The van der Waals surface area contributed by atoms with Gasteiger partial charge in [0.15, 0.2) is 5.43 Å². The number of amides is 1. The first kappa shape index (κ1) is 22.2. The van der Waals surface area contributed by atoms with Crippen LogP contribution in [0.15, 0.2) is 58.2 Å². The van der Waals surface area contributed by atoms with Gasteiger partial charge >= 0.3 is 0 Å². The second-order valence-corrected chi connectivity index (χ2v) is 7.36. The highest BCUT2D eigenvalue weighted by molar-refractivity contribution is 5.94. The van der Waals surface area contributed by atoms with Crippen LogP contribution in [0.25, 0.3) is 11.0 Å². The molecule has 3 heterocycles. The summed E-state index contributed by atoms with van der Waals surface area (Å²) in [6.07, 6.45) is 5.80. The Kier molecular flexibility index (Phi) is 7.50. The molecule has 0 bridgehead atoms. The van der Waals surface area contributed by atoms with Crippen molar-refractivity contribution in [1.82, 2.24) is 14.8 Å². The second-order valence-electron chi connectivity index (χ2n) is 7.36. The number of fused-ring (bicyclic) bond motifs is 1. The third-order valence-electron chi connectivity index (χ3n) is 5.14. The Bertz CT molecular complexity index is 1110. The van der Waals surface area contributed by atoms with Crippen molar-refractivity contribution in [2.75, 3.05) is 26.2 Å². The van der Waals surface area contributed by atoms with E-state index < -0.39 is 0 Å². The minimum Gasteiger partial charge on any atom is -0.483 e. The van der Waals surface area contributed by atoms with Gasteiger partial charge in [-0.25, -0.2) is 0 Å². The van der Waals surface area contributed by atoms with Crippen molar-refractivity contribution in [3.8, 4) is 0 Å². The highest BCUT2D eigenvalue weighted by atomic mass is 16.3. The van der Waals surface area contributed by atoms with Crippen molar-refractivity contribution >= 4 is 23.3 Å². The number of benzene rings is 1. The molecule has 3 aromatic rings. The number of carboxylic acid groups (broad SMARTS) is 1. The van der Waals surface area contributed by atoms with Crippen LogP contribution < -0.4 is 5.43 Å². The predicted octanol–water partition coefficient (Wildman–Crippen LogP) is 2.55. The van der Waals surface area contributed by atoms with Crippen molar-refractivity contribution in [1.29, 1.82) is 0 Å². The van der Waals surface area contributed by atoms with Crippen molar-refractivity contribution in [3.05, 3.63) is 75.9 Å². The fourth-order valence-corrected chi connectivity index (χ4v) is 3.65. The molecule has 0 spiro atoms. The third kappa shape index (κ3) is 5.55.